The van der Waals surface area contributed by atoms with E-state index in [1.54, 1.807) is 18.9 Å². The molecule has 2 atom stereocenters. The van der Waals surface area contributed by atoms with Crippen molar-refractivity contribution < 1.29 is 9.53 Å². The largest absolute Gasteiger partial charge is 0.497 e. The van der Waals surface area contributed by atoms with Gasteiger partial charge in [-0.15, -0.1) is 0 Å². The number of nitrogens with one attached hydrogen (secondary N) is 1. The molecule has 0 aliphatic heterocycles. The first kappa shape index (κ1) is 15.9. The summed E-state index contributed by atoms with van der Waals surface area (Å²) in [6.45, 7) is 1.95. The first-order valence-electron chi connectivity index (χ1n) is 6.27. The monoisotopic (exact) mass is 282 g/mol. The molecule has 106 valence electrons. The average Bonchev–Trinajstić information content (AvgIpc) is 2.44. The van der Waals surface area contributed by atoms with E-state index in [-0.39, 0.29) is 11.9 Å². The minimum absolute atomic E-state index is 0.0567. The summed E-state index contributed by atoms with van der Waals surface area (Å²) in [4.78, 5) is 11.9. The molecule has 0 fully saturated rings. The van der Waals surface area contributed by atoms with Crippen molar-refractivity contribution in [3.05, 3.63) is 29.8 Å². The molecule has 0 aromatic heterocycles. The highest BCUT2D eigenvalue weighted by Gasteiger charge is 2.16. The number of thioether (sulfide) groups is 1. The van der Waals surface area contributed by atoms with E-state index in [0.717, 1.165) is 17.1 Å². The molecule has 1 amide bonds. The van der Waals surface area contributed by atoms with E-state index in [9.17, 15) is 4.79 Å². The number of ether oxygens (including phenoxy) is 1. The summed E-state index contributed by atoms with van der Waals surface area (Å²) in [5.74, 6) is 1.60. The van der Waals surface area contributed by atoms with Gasteiger partial charge >= 0.3 is 0 Å². The van der Waals surface area contributed by atoms with Gasteiger partial charge in [-0.2, -0.15) is 11.8 Å². The topological polar surface area (TPSA) is 64.3 Å². The lowest BCUT2D eigenvalue weighted by atomic mass is 10.1. The Morgan fingerprint density at radius 2 is 2.05 bits per heavy atom. The first-order chi connectivity index (χ1) is 9.08. The molecule has 19 heavy (non-hydrogen) atoms. The summed E-state index contributed by atoms with van der Waals surface area (Å²) in [5.41, 5.74) is 6.86. The number of rotatable bonds is 7. The van der Waals surface area contributed by atoms with Crippen LogP contribution in [0.25, 0.3) is 0 Å². The van der Waals surface area contributed by atoms with E-state index in [2.05, 4.69) is 5.32 Å². The summed E-state index contributed by atoms with van der Waals surface area (Å²) in [7, 11) is 1.63. The van der Waals surface area contributed by atoms with Crippen molar-refractivity contribution in [2.45, 2.75) is 25.4 Å². The molecular formula is C14H22N2O2S. The Labute approximate surface area is 119 Å². The Morgan fingerprint density at radius 3 is 2.58 bits per heavy atom. The van der Waals surface area contributed by atoms with Crippen LogP contribution in [0.1, 0.15) is 24.9 Å². The van der Waals surface area contributed by atoms with Gasteiger partial charge in [0.05, 0.1) is 19.2 Å². The van der Waals surface area contributed by atoms with Crippen LogP contribution in [0.4, 0.5) is 0 Å². The van der Waals surface area contributed by atoms with Gasteiger partial charge in [0.15, 0.2) is 0 Å². The van der Waals surface area contributed by atoms with Gasteiger partial charge < -0.3 is 15.8 Å². The number of benzene rings is 1. The second-order valence-corrected chi connectivity index (χ2v) is 5.38. The Balaban J connectivity index is 2.53. The highest BCUT2D eigenvalue weighted by Crippen LogP contribution is 2.17. The maximum absolute atomic E-state index is 11.9. The molecular weight excluding hydrogens is 260 g/mol. The number of nitrogens with two attached hydrogens (primary N) is 1. The van der Waals surface area contributed by atoms with Crippen molar-refractivity contribution in [3.63, 3.8) is 0 Å². The van der Waals surface area contributed by atoms with Gasteiger partial charge in [-0.25, -0.2) is 0 Å². The number of hydrogen-bond donors (Lipinski definition) is 2. The summed E-state index contributed by atoms with van der Waals surface area (Å²) < 4.78 is 5.10. The third-order valence-electron chi connectivity index (χ3n) is 2.94. The normalized spacial score (nSPS) is 13.7. The second-order valence-electron chi connectivity index (χ2n) is 4.39. The summed E-state index contributed by atoms with van der Waals surface area (Å²) in [5, 5.41) is 2.93. The molecule has 0 unspecified atom stereocenters. The van der Waals surface area contributed by atoms with Crippen LogP contribution in [-0.2, 0) is 4.79 Å². The van der Waals surface area contributed by atoms with Crippen molar-refractivity contribution in [2.24, 2.45) is 5.73 Å². The molecule has 4 nitrogen and oxygen atoms in total. The van der Waals surface area contributed by atoms with E-state index < -0.39 is 6.04 Å². The lowest BCUT2D eigenvalue weighted by Crippen LogP contribution is -2.41. The van der Waals surface area contributed by atoms with Gasteiger partial charge in [-0.05, 0) is 43.0 Å². The molecule has 3 N–H and O–H groups in total. The third-order valence-corrected chi connectivity index (χ3v) is 3.59. The summed E-state index contributed by atoms with van der Waals surface area (Å²) in [6.07, 6.45) is 2.70. The Morgan fingerprint density at radius 1 is 1.42 bits per heavy atom. The Bertz CT molecular complexity index is 395. The van der Waals surface area contributed by atoms with Crippen molar-refractivity contribution in [1.82, 2.24) is 5.32 Å². The molecule has 1 aromatic rings. The predicted molar refractivity (Wildman–Crippen MR) is 80.5 cm³/mol. The molecule has 5 heteroatoms. The zero-order chi connectivity index (χ0) is 14.3. The molecule has 0 saturated carbocycles. The van der Waals surface area contributed by atoms with Gasteiger partial charge in [0.25, 0.3) is 0 Å². The molecule has 0 aliphatic rings. The Hall–Kier alpha value is -1.20. The second kappa shape index (κ2) is 8.07. The van der Waals surface area contributed by atoms with Crippen molar-refractivity contribution in [2.75, 3.05) is 19.1 Å². The number of carbonyl (C=O) groups is 1. The number of amides is 1. The van der Waals surface area contributed by atoms with Crippen LogP contribution in [0.5, 0.6) is 5.75 Å². The van der Waals surface area contributed by atoms with Crippen LogP contribution >= 0.6 is 11.8 Å². The van der Waals surface area contributed by atoms with Gasteiger partial charge in [-0.1, -0.05) is 12.1 Å². The van der Waals surface area contributed by atoms with Crippen LogP contribution < -0.4 is 15.8 Å². The standard InChI is InChI=1S/C14H22N2O2S/c1-10(11-4-6-12(18-2)7-5-11)16-14(17)13(15)8-9-19-3/h4-7,10,13H,8-9,15H2,1-3H3,(H,16,17)/t10-,13+/m1/s1. The average molecular weight is 282 g/mol. The zero-order valence-corrected chi connectivity index (χ0v) is 12.5. The lowest BCUT2D eigenvalue weighted by Gasteiger charge is -2.18. The fourth-order valence-corrected chi connectivity index (χ4v) is 2.16. The lowest BCUT2D eigenvalue weighted by molar-refractivity contribution is -0.123. The zero-order valence-electron chi connectivity index (χ0n) is 11.7. The minimum Gasteiger partial charge on any atom is -0.497 e. The van der Waals surface area contributed by atoms with E-state index in [1.165, 1.54) is 0 Å². The molecule has 0 radical (unpaired) electrons. The van der Waals surface area contributed by atoms with Gasteiger partial charge in [0.1, 0.15) is 5.75 Å². The van der Waals surface area contributed by atoms with Crippen molar-refractivity contribution in [1.29, 1.82) is 0 Å². The molecule has 1 aromatic carbocycles. The fraction of sp³-hybridized carbons (Fsp3) is 0.500. The highest BCUT2D eigenvalue weighted by atomic mass is 32.2. The van der Waals surface area contributed by atoms with Gasteiger partial charge in [-0.3, -0.25) is 4.79 Å². The maximum Gasteiger partial charge on any atom is 0.237 e. The predicted octanol–water partition coefficient (Wildman–Crippen LogP) is 1.95. The molecule has 0 bridgehead atoms. The van der Waals surface area contributed by atoms with Crippen LogP contribution in [0.2, 0.25) is 0 Å². The fourth-order valence-electron chi connectivity index (χ4n) is 1.67. The summed E-state index contributed by atoms with van der Waals surface area (Å²) in [6, 6.07) is 7.15. The number of hydrogen-bond acceptors (Lipinski definition) is 4. The third kappa shape index (κ3) is 5.12. The van der Waals surface area contributed by atoms with E-state index in [1.807, 2.05) is 37.4 Å². The van der Waals surface area contributed by atoms with E-state index in [0.29, 0.717) is 6.42 Å². The highest BCUT2D eigenvalue weighted by molar-refractivity contribution is 7.98. The van der Waals surface area contributed by atoms with Gasteiger partial charge in [0.2, 0.25) is 5.91 Å². The van der Waals surface area contributed by atoms with Crippen LogP contribution in [0.3, 0.4) is 0 Å². The van der Waals surface area contributed by atoms with E-state index >= 15 is 0 Å². The number of methoxy groups -OCH3 is 1. The van der Waals surface area contributed by atoms with Crippen LogP contribution in [0.15, 0.2) is 24.3 Å². The number of carbonyl (C=O) groups excluding carboxylic acids is 1. The van der Waals surface area contributed by atoms with Crippen molar-refractivity contribution in [3.8, 4) is 5.75 Å². The first-order valence-corrected chi connectivity index (χ1v) is 7.66. The van der Waals surface area contributed by atoms with Crippen LogP contribution in [0, 0.1) is 0 Å². The van der Waals surface area contributed by atoms with Gasteiger partial charge in [0, 0.05) is 0 Å². The van der Waals surface area contributed by atoms with Crippen molar-refractivity contribution >= 4 is 17.7 Å². The van der Waals surface area contributed by atoms with Crippen LogP contribution in [-0.4, -0.2) is 31.1 Å². The van der Waals surface area contributed by atoms with E-state index in [4.69, 9.17) is 10.5 Å². The smallest absolute Gasteiger partial charge is 0.237 e. The quantitative estimate of drug-likeness (QED) is 0.802. The minimum atomic E-state index is -0.437. The molecule has 0 aliphatic carbocycles. The molecule has 1 rings (SSSR count). The summed E-state index contributed by atoms with van der Waals surface area (Å²) >= 11 is 1.69. The molecule has 0 saturated heterocycles. The Kier molecular flexibility index (Phi) is 6.73. The molecule has 0 spiro atoms. The SMILES string of the molecule is COc1ccc([C@@H](C)NC(=O)[C@@H](N)CCSC)cc1. The molecule has 0 heterocycles. The maximum atomic E-state index is 11.9.